The highest BCUT2D eigenvalue weighted by Crippen LogP contribution is 2.33. The first-order chi connectivity index (χ1) is 7.79. The molecule has 1 aliphatic rings. The standard InChI is InChI=1S/C13H20ClNO/c1-2-15-11(9-10-5-3-4-6-10)12-7-8-13(14)16-12/h7-8,10-11,15H,2-6,9H2,1H3. The average Bonchev–Trinajstić information content (AvgIpc) is 2.88. The van der Waals surface area contributed by atoms with Crippen LogP contribution in [0.2, 0.25) is 5.22 Å². The number of hydrogen-bond donors (Lipinski definition) is 1. The molecular formula is C13H20ClNO. The van der Waals surface area contributed by atoms with Crippen LogP contribution < -0.4 is 5.32 Å². The summed E-state index contributed by atoms with van der Waals surface area (Å²) < 4.78 is 5.51. The smallest absolute Gasteiger partial charge is 0.193 e. The molecule has 0 aromatic carbocycles. The van der Waals surface area contributed by atoms with E-state index in [0.717, 1.165) is 18.2 Å². The van der Waals surface area contributed by atoms with Gasteiger partial charge in [-0.25, -0.2) is 0 Å². The summed E-state index contributed by atoms with van der Waals surface area (Å²) >= 11 is 5.83. The molecule has 0 amide bonds. The van der Waals surface area contributed by atoms with Crippen molar-refractivity contribution in [3.63, 3.8) is 0 Å². The second-order valence-electron chi connectivity index (χ2n) is 4.64. The molecule has 0 saturated heterocycles. The van der Waals surface area contributed by atoms with Crippen molar-refractivity contribution >= 4 is 11.6 Å². The number of rotatable bonds is 5. The Labute approximate surface area is 102 Å². The lowest BCUT2D eigenvalue weighted by Crippen LogP contribution is -2.22. The predicted molar refractivity (Wildman–Crippen MR) is 66.7 cm³/mol. The number of furan rings is 1. The number of hydrogen-bond acceptors (Lipinski definition) is 2. The highest BCUT2D eigenvalue weighted by molar-refractivity contribution is 6.28. The summed E-state index contributed by atoms with van der Waals surface area (Å²) in [6, 6.07) is 4.15. The van der Waals surface area contributed by atoms with E-state index >= 15 is 0 Å². The van der Waals surface area contributed by atoms with Gasteiger partial charge in [0.1, 0.15) is 5.76 Å². The van der Waals surface area contributed by atoms with Gasteiger partial charge in [-0.3, -0.25) is 0 Å². The topological polar surface area (TPSA) is 25.2 Å². The summed E-state index contributed by atoms with van der Waals surface area (Å²) in [4.78, 5) is 0. The molecule has 1 saturated carbocycles. The lowest BCUT2D eigenvalue weighted by molar-refractivity contribution is 0.347. The van der Waals surface area contributed by atoms with Gasteiger partial charge < -0.3 is 9.73 Å². The molecule has 1 N–H and O–H groups in total. The summed E-state index contributed by atoms with van der Waals surface area (Å²) in [6.45, 7) is 3.10. The van der Waals surface area contributed by atoms with Crippen LogP contribution in [0, 0.1) is 5.92 Å². The van der Waals surface area contributed by atoms with Gasteiger partial charge in [-0.05, 0) is 42.6 Å². The molecule has 1 aliphatic carbocycles. The maximum atomic E-state index is 5.83. The van der Waals surface area contributed by atoms with Crippen LogP contribution in [0.3, 0.4) is 0 Å². The van der Waals surface area contributed by atoms with Gasteiger partial charge in [0.25, 0.3) is 0 Å². The minimum absolute atomic E-state index is 0.334. The molecule has 2 rings (SSSR count). The Balaban J connectivity index is 1.98. The van der Waals surface area contributed by atoms with Gasteiger partial charge in [0, 0.05) is 0 Å². The molecule has 90 valence electrons. The van der Waals surface area contributed by atoms with Crippen LogP contribution in [0.4, 0.5) is 0 Å². The van der Waals surface area contributed by atoms with Gasteiger partial charge in [0.15, 0.2) is 5.22 Å². The number of halogens is 1. The molecule has 1 atom stereocenters. The van der Waals surface area contributed by atoms with E-state index < -0.39 is 0 Å². The Morgan fingerprint density at radius 1 is 1.44 bits per heavy atom. The maximum Gasteiger partial charge on any atom is 0.193 e. The molecule has 1 heterocycles. The fourth-order valence-electron chi connectivity index (χ4n) is 2.64. The Hall–Kier alpha value is -0.470. The zero-order chi connectivity index (χ0) is 11.4. The summed E-state index contributed by atoms with van der Waals surface area (Å²) in [7, 11) is 0. The first-order valence-electron chi connectivity index (χ1n) is 6.28. The minimum Gasteiger partial charge on any atom is -0.448 e. The van der Waals surface area contributed by atoms with E-state index in [1.54, 1.807) is 0 Å². The summed E-state index contributed by atoms with van der Waals surface area (Å²) in [5.41, 5.74) is 0. The quantitative estimate of drug-likeness (QED) is 0.837. The zero-order valence-corrected chi connectivity index (χ0v) is 10.6. The van der Waals surface area contributed by atoms with Crippen LogP contribution in [-0.4, -0.2) is 6.54 Å². The predicted octanol–water partition coefficient (Wildman–Crippen LogP) is 4.16. The van der Waals surface area contributed by atoms with E-state index in [0.29, 0.717) is 11.3 Å². The normalized spacial score (nSPS) is 19.1. The molecular weight excluding hydrogens is 222 g/mol. The van der Waals surface area contributed by atoms with Gasteiger partial charge in [-0.2, -0.15) is 0 Å². The Morgan fingerprint density at radius 2 is 2.19 bits per heavy atom. The van der Waals surface area contributed by atoms with Crippen molar-refractivity contribution in [3.05, 3.63) is 23.1 Å². The molecule has 2 nitrogen and oxygen atoms in total. The molecule has 1 aromatic heterocycles. The van der Waals surface area contributed by atoms with Crippen LogP contribution in [0.25, 0.3) is 0 Å². The lowest BCUT2D eigenvalue weighted by Gasteiger charge is -2.19. The highest BCUT2D eigenvalue weighted by Gasteiger charge is 2.22. The van der Waals surface area contributed by atoms with Crippen LogP contribution in [-0.2, 0) is 0 Å². The minimum atomic E-state index is 0.334. The Kier molecular flexibility index (Phi) is 4.30. The third-order valence-corrected chi connectivity index (χ3v) is 3.63. The Bertz CT molecular complexity index is 317. The average molecular weight is 242 g/mol. The highest BCUT2D eigenvalue weighted by atomic mass is 35.5. The molecule has 16 heavy (non-hydrogen) atoms. The number of nitrogens with one attached hydrogen (secondary N) is 1. The van der Waals surface area contributed by atoms with E-state index in [2.05, 4.69) is 12.2 Å². The van der Waals surface area contributed by atoms with Crippen molar-refractivity contribution in [2.75, 3.05) is 6.54 Å². The summed E-state index contributed by atoms with van der Waals surface area (Å²) in [5.74, 6) is 1.84. The van der Waals surface area contributed by atoms with Crippen molar-refractivity contribution in [1.82, 2.24) is 5.32 Å². The molecule has 3 heteroatoms. The lowest BCUT2D eigenvalue weighted by atomic mass is 9.97. The van der Waals surface area contributed by atoms with Crippen molar-refractivity contribution in [3.8, 4) is 0 Å². The molecule has 0 aliphatic heterocycles. The second kappa shape index (κ2) is 5.74. The first-order valence-corrected chi connectivity index (χ1v) is 6.66. The fourth-order valence-corrected chi connectivity index (χ4v) is 2.79. The van der Waals surface area contributed by atoms with Crippen LogP contribution >= 0.6 is 11.6 Å². The zero-order valence-electron chi connectivity index (χ0n) is 9.84. The fraction of sp³-hybridized carbons (Fsp3) is 0.692. The summed E-state index contributed by atoms with van der Waals surface area (Å²) in [5, 5.41) is 3.98. The van der Waals surface area contributed by atoms with Gasteiger partial charge in [0.05, 0.1) is 6.04 Å². The summed E-state index contributed by atoms with van der Waals surface area (Å²) in [6.07, 6.45) is 6.70. The monoisotopic (exact) mass is 241 g/mol. The van der Waals surface area contributed by atoms with E-state index in [4.69, 9.17) is 16.0 Å². The van der Waals surface area contributed by atoms with E-state index in [1.807, 2.05) is 12.1 Å². The molecule has 1 aromatic rings. The van der Waals surface area contributed by atoms with Gasteiger partial charge >= 0.3 is 0 Å². The van der Waals surface area contributed by atoms with E-state index in [-0.39, 0.29) is 0 Å². The third-order valence-electron chi connectivity index (χ3n) is 3.43. The van der Waals surface area contributed by atoms with Crippen molar-refractivity contribution in [1.29, 1.82) is 0 Å². The van der Waals surface area contributed by atoms with Gasteiger partial charge in [0.2, 0.25) is 0 Å². The van der Waals surface area contributed by atoms with Gasteiger partial charge in [-0.15, -0.1) is 0 Å². The molecule has 0 radical (unpaired) electrons. The largest absolute Gasteiger partial charge is 0.448 e. The van der Waals surface area contributed by atoms with Crippen LogP contribution in [0.15, 0.2) is 16.5 Å². The van der Waals surface area contributed by atoms with Crippen LogP contribution in [0.5, 0.6) is 0 Å². The van der Waals surface area contributed by atoms with Gasteiger partial charge in [-0.1, -0.05) is 32.6 Å². The van der Waals surface area contributed by atoms with E-state index in [1.165, 1.54) is 32.1 Å². The first kappa shape index (κ1) is 12.0. The Morgan fingerprint density at radius 3 is 2.75 bits per heavy atom. The SMILES string of the molecule is CCNC(CC1CCCC1)c1ccc(Cl)o1. The van der Waals surface area contributed by atoms with Crippen molar-refractivity contribution in [2.45, 2.75) is 45.1 Å². The molecule has 0 spiro atoms. The van der Waals surface area contributed by atoms with Crippen molar-refractivity contribution in [2.24, 2.45) is 5.92 Å². The second-order valence-corrected chi connectivity index (χ2v) is 5.01. The van der Waals surface area contributed by atoms with Crippen molar-refractivity contribution < 1.29 is 4.42 Å². The van der Waals surface area contributed by atoms with E-state index in [9.17, 15) is 0 Å². The van der Waals surface area contributed by atoms with Crippen LogP contribution in [0.1, 0.15) is 50.8 Å². The molecule has 1 unspecified atom stereocenters. The third kappa shape index (κ3) is 3.02. The molecule has 0 bridgehead atoms. The molecule has 1 fully saturated rings. The maximum absolute atomic E-state index is 5.83.